The van der Waals surface area contributed by atoms with Crippen LogP contribution in [0.4, 0.5) is 5.69 Å². The van der Waals surface area contributed by atoms with Gasteiger partial charge in [-0.3, -0.25) is 9.30 Å². The molecule has 3 nitrogen and oxygen atoms in total. The zero-order valence-corrected chi connectivity index (χ0v) is 17.2. The van der Waals surface area contributed by atoms with Crippen LogP contribution in [0.2, 0.25) is 0 Å². The summed E-state index contributed by atoms with van der Waals surface area (Å²) in [6, 6.07) is 30.2. The molecule has 1 atom stereocenters. The fourth-order valence-electron chi connectivity index (χ4n) is 3.77. The van der Waals surface area contributed by atoms with Crippen LogP contribution < -0.4 is 4.31 Å². The van der Waals surface area contributed by atoms with E-state index in [2.05, 4.69) is 118 Å². The van der Waals surface area contributed by atoms with E-state index in [9.17, 15) is 0 Å². The number of hydrogen-bond donors (Lipinski definition) is 0. The molecule has 144 valence electrons. The van der Waals surface area contributed by atoms with E-state index >= 15 is 0 Å². The molecule has 2 heterocycles. The van der Waals surface area contributed by atoms with Gasteiger partial charge in [-0.1, -0.05) is 71.3 Å². The highest BCUT2D eigenvalue weighted by molar-refractivity contribution is 8.17. The maximum atomic E-state index is 4.64. The molecule has 29 heavy (non-hydrogen) atoms. The van der Waals surface area contributed by atoms with Crippen molar-refractivity contribution in [3.8, 4) is 0 Å². The molecule has 0 saturated heterocycles. The van der Waals surface area contributed by atoms with E-state index in [1.165, 1.54) is 27.4 Å². The minimum Gasteiger partial charge on any atom is -0.358 e. The second kappa shape index (κ2) is 7.72. The van der Waals surface area contributed by atoms with E-state index in [1.807, 2.05) is 0 Å². The Labute approximate surface area is 174 Å². The predicted octanol–water partition coefficient (Wildman–Crippen LogP) is 5.28. The third-order valence-corrected chi connectivity index (χ3v) is 7.19. The molecule has 3 aromatic carbocycles. The number of amidine groups is 1. The van der Waals surface area contributed by atoms with Gasteiger partial charge in [-0.15, -0.1) is 0 Å². The van der Waals surface area contributed by atoms with E-state index in [-0.39, 0.29) is 10.7 Å². The van der Waals surface area contributed by atoms with Crippen molar-refractivity contribution in [2.75, 3.05) is 24.4 Å². The fraction of sp³-hybridized carbons (Fsp3) is 0.120. The minimum atomic E-state index is -0.139. The van der Waals surface area contributed by atoms with Gasteiger partial charge in [0.1, 0.15) is 5.84 Å². The van der Waals surface area contributed by atoms with Crippen molar-refractivity contribution in [2.24, 2.45) is 4.99 Å². The number of rotatable bonds is 4. The van der Waals surface area contributed by atoms with Crippen molar-refractivity contribution in [1.29, 1.82) is 0 Å². The second-order valence-corrected chi connectivity index (χ2v) is 8.89. The number of nitrogens with zero attached hydrogens (tertiary/aromatic N) is 3. The Bertz CT molecular complexity index is 1100. The first kappa shape index (κ1) is 18.0. The number of para-hydroxylation sites is 1. The van der Waals surface area contributed by atoms with Gasteiger partial charge in [-0.25, -0.2) is 0 Å². The van der Waals surface area contributed by atoms with Crippen molar-refractivity contribution < 1.29 is 0 Å². The monoisotopic (exact) mass is 397 g/mol. The molecule has 1 unspecified atom stereocenters. The summed E-state index contributed by atoms with van der Waals surface area (Å²) < 4.78 is 2.45. The van der Waals surface area contributed by atoms with Crippen LogP contribution in [0.25, 0.3) is 5.70 Å². The van der Waals surface area contributed by atoms with Crippen LogP contribution in [0.5, 0.6) is 0 Å². The van der Waals surface area contributed by atoms with Crippen LogP contribution in [0, 0.1) is 0 Å². The van der Waals surface area contributed by atoms with E-state index in [1.54, 1.807) is 0 Å². The zero-order chi connectivity index (χ0) is 19.6. The third-order valence-electron chi connectivity index (χ3n) is 5.24. The smallest absolute Gasteiger partial charge is 0.130 e. The Kier molecular flexibility index (Phi) is 4.78. The van der Waals surface area contributed by atoms with Gasteiger partial charge in [0.05, 0.1) is 17.9 Å². The van der Waals surface area contributed by atoms with Crippen molar-refractivity contribution >= 4 is 33.3 Å². The van der Waals surface area contributed by atoms with Crippen LogP contribution in [-0.4, -0.2) is 36.2 Å². The Morgan fingerprint density at radius 1 is 0.793 bits per heavy atom. The summed E-state index contributed by atoms with van der Waals surface area (Å²) in [7, 11) is 1.97. The first-order chi connectivity index (χ1) is 14.3. The molecular formula is C25H23N3S. The lowest BCUT2D eigenvalue weighted by molar-refractivity contribution is 0.557. The molecule has 0 radical (unpaired) electrons. The Morgan fingerprint density at radius 3 is 2.10 bits per heavy atom. The summed E-state index contributed by atoms with van der Waals surface area (Å²) in [4.78, 5) is 8.18. The molecule has 0 saturated carbocycles. The summed E-state index contributed by atoms with van der Waals surface area (Å²) in [5, 5.41) is 2.32. The Hall–Kier alpha value is -3.11. The van der Waals surface area contributed by atoms with E-state index in [4.69, 9.17) is 0 Å². The molecule has 5 rings (SSSR count). The quantitative estimate of drug-likeness (QED) is 0.558. The normalized spacial score (nSPS) is 18.4. The van der Waals surface area contributed by atoms with Gasteiger partial charge in [-0.2, -0.15) is 0 Å². The van der Waals surface area contributed by atoms with Gasteiger partial charge < -0.3 is 4.90 Å². The van der Waals surface area contributed by atoms with Crippen molar-refractivity contribution in [2.45, 2.75) is 4.90 Å². The highest BCUT2D eigenvalue weighted by Gasteiger charge is 2.23. The lowest BCUT2D eigenvalue weighted by atomic mass is 10.1. The third kappa shape index (κ3) is 3.40. The van der Waals surface area contributed by atoms with Crippen LogP contribution in [0.3, 0.4) is 0 Å². The highest BCUT2D eigenvalue weighted by atomic mass is 32.2. The van der Waals surface area contributed by atoms with Crippen molar-refractivity contribution in [1.82, 2.24) is 4.90 Å². The lowest BCUT2D eigenvalue weighted by Gasteiger charge is -2.27. The SMILES string of the molecule is CN1CCN=C1c1ccc(C2=CC=S(c3ccccc3)N2c2ccccc2)cc1. The standard InChI is InChI=1S/C25H23N3S/c1-27-18-17-26-25(27)21-14-12-20(13-15-21)24-16-19-29(23-10-6-3-7-11-23)28(24)22-8-4-2-5-9-22/h2-16,19H,17-18H2,1H3. The van der Waals surface area contributed by atoms with Crippen LogP contribution in [-0.2, 0) is 0 Å². The number of hydrogen-bond acceptors (Lipinski definition) is 3. The fourth-order valence-corrected chi connectivity index (χ4v) is 5.68. The largest absolute Gasteiger partial charge is 0.358 e. The molecule has 0 N–H and O–H groups in total. The summed E-state index contributed by atoms with van der Waals surface area (Å²) in [6.45, 7) is 1.88. The van der Waals surface area contributed by atoms with Gasteiger partial charge in [0.25, 0.3) is 0 Å². The first-order valence-corrected chi connectivity index (χ1v) is 11.1. The zero-order valence-electron chi connectivity index (χ0n) is 16.4. The molecule has 3 aromatic rings. The van der Waals surface area contributed by atoms with Crippen molar-refractivity contribution in [3.05, 3.63) is 102 Å². The topological polar surface area (TPSA) is 18.8 Å². The molecule has 0 spiro atoms. The van der Waals surface area contributed by atoms with E-state index < -0.39 is 0 Å². The van der Waals surface area contributed by atoms with Crippen LogP contribution in [0.1, 0.15) is 11.1 Å². The summed E-state index contributed by atoms with van der Waals surface area (Å²) >= 11 is 0. The maximum Gasteiger partial charge on any atom is 0.130 e. The summed E-state index contributed by atoms with van der Waals surface area (Å²) in [5.74, 6) is 1.09. The molecule has 2 aliphatic rings. The summed E-state index contributed by atoms with van der Waals surface area (Å²) in [5.41, 5.74) is 4.85. The number of anilines is 1. The van der Waals surface area contributed by atoms with Gasteiger partial charge >= 0.3 is 0 Å². The average Bonchev–Trinajstić information content (AvgIpc) is 3.42. The molecular weight excluding hydrogens is 374 g/mol. The van der Waals surface area contributed by atoms with Gasteiger partial charge in [0, 0.05) is 24.1 Å². The first-order valence-electron chi connectivity index (χ1n) is 9.86. The van der Waals surface area contributed by atoms with Gasteiger partial charge in [0.2, 0.25) is 0 Å². The summed E-state index contributed by atoms with van der Waals surface area (Å²) in [6.07, 6.45) is 2.26. The van der Waals surface area contributed by atoms with E-state index in [0.717, 1.165) is 18.9 Å². The van der Waals surface area contributed by atoms with E-state index in [0.29, 0.717) is 0 Å². The molecule has 0 fully saturated rings. The highest BCUT2D eigenvalue weighted by Crippen LogP contribution is 2.44. The Balaban J connectivity index is 1.51. The van der Waals surface area contributed by atoms with Gasteiger partial charge in [0.15, 0.2) is 0 Å². The molecule has 0 amide bonds. The van der Waals surface area contributed by atoms with Crippen molar-refractivity contribution in [3.63, 3.8) is 0 Å². The average molecular weight is 398 g/mol. The number of allylic oxidation sites excluding steroid dienone is 1. The molecule has 0 aromatic heterocycles. The minimum absolute atomic E-state index is 0.139. The molecule has 0 bridgehead atoms. The van der Waals surface area contributed by atoms with Crippen LogP contribution in [0.15, 0.2) is 101 Å². The predicted molar refractivity (Wildman–Crippen MR) is 126 cm³/mol. The molecule has 4 heteroatoms. The van der Waals surface area contributed by atoms with Gasteiger partial charge in [-0.05, 0) is 41.3 Å². The lowest BCUT2D eigenvalue weighted by Crippen LogP contribution is -2.23. The molecule has 2 aliphatic heterocycles. The molecule has 0 aliphatic carbocycles. The maximum absolute atomic E-state index is 4.64. The van der Waals surface area contributed by atoms with Crippen LogP contribution >= 0.6 is 10.7 Å². The second-order valence-electron chi connectivity index (χ2n) is 7.15. The Morgan fingerprint density at radius 2 is 1.45 bits per heavy atom. The number of likely N-dealkylation sites (N-methyl/N-ethyl adjacent to an activating group) is 1. The number of aliphatic imine (C=N–C) groups is 1. The number of benzene rings is 3.